The Bertz CT molecular complexity index is 1310. The maximum atomic E-state index is 12.5. The van der Waals surface area contributed by atoms with Crippen molar-refractivity contribution in [2.45, 2.75) is 386 Å². The fourth-order valence-electron chi connectivity index (χ4n) is 10.8. The molecule has 0 rings (SSSR count). The molecule has 0 aromatic rings. The molecule has 6 heteroatoms. The number of carbonyl (C=O) groups excluding carboxylic acids is 2. The first-order valence-electron chi connectivity index (χ1n) is 34.9. The quantitative estimate of drug-likeness (QED) is 0.0320. The van der Waals surface area contributed by atoms with Crippen LogP contribution in [0.3, 0.4) is 0 Å². The number of nitrogens with one attached hydrogen (secondary N) is 1. The van der Waals surface area contributed by atoms with E-state index in [2.05, 4.69) is 67.8 Å². The second-order valence-electron chi connectivity index (χ2n) is 23.9. The van der Waals surface area contributed by atoms with E-state index in [-0.39, 0.29) is 18.5 Å². The molecule has 0 aliphatic rings. The van der Waals surface area contributed by atoms with Gasteiger partial charge >= 0.3 is 5.97 Å². The Hall–Kier alpha value is -2.18. The number of esters is 1. The molecule has 2 atom stereocenters. The van der Waals surface area contributed by atoms with Crippen LogP contribution in [0.2, 0.25) is 0 Å². The number of allylic oxidation sites excluding steroid dienone is 8. The SMILES string of the molecule is CCCCC/C=C\C/C=C\CCCCCCCCCCCC(=O)OCCCCCCCCCCC/C=C\C/C=C\CCCCCCCCCCCC(=O)NC(CO)C(O)CCCCCCCCCCCCCCCCCCC. The molecule has 0 saturated carbocycles. The standard InChI is InChI=1S/C72H135NO5/c1-3-5-7-9-11-13-15-17-19-21-29-34-38-42-46-50-54-58-62-66-72(77)78-67-63-59-55-51-47-43-39-35-31-28-26-24-22-23-25-27-30-33-37-41-45-49-53-57-61-65-71(76)73-69(68-74)70(75)64-60-56-52-48-44-40-36-32-20-18-16-14-12-10-8-6-4-2/h11,13,17,19,23-26,69-70,74-75H,3-10,12,14-16,18,20-22,27-68H2,1-2H3,(H,73,76)/b13-11-,19-17-,25-23-,26-24-. The summed E-state index contributed by atoms with van der Waals surface area (Å²) in [4.78, 5) is 24.6. The molecule has 78 heavy (non-hydrogen) atoms. The average molecular weight is 1090 g/mol. The minimum absolute atomic E-state index is 0.00547. The third-order valence-electron chi connectivity index (χ3n) is 16.1. The van der Waals surface area contributed by atoms with Crippen LogP contribution in [0, 0.1) is 0 Å². The molecule has 0 heterocycles. The van der Waals surface area contributed by atoms with Gasteiger partial charge in [-0.2, -0.15) is 0 Å². The van der Waals surface area contributed by atoms with Crippen molar-refractivity contribution in [3.8, 4) is 0 Å². The molecule has 458 valence electrons. The third-order valence-corrected chi connectivity index (χ3v) is 16.1. The molecule has 0 aromatic heterocycles. The van der Waals surface area contributed by atoms with Crippen LogP contribution in [-0.2, 0) is 14.3 Å². The fourth-order valence-corrected chi connectivity index (χ4v) is 10.8. The summed E-state index contributed by atoms with van der Waals surface area (Å²) in [6.45, 7) is 4.95. The highest BCUT2D eigenvalue weighted by molar-refractivity contribution is 5.76. The van der Waals surface area contributed by atoms with Crippen LogP contribution >= 0.6 is 0 Å². The van der Waals surface area contributed by atoms with Crippen LogP contribution in [0.25, 0.3) is 0 Å². The molecule has 2 unspecified atom stereocenters. The summed E-state index contributed by atoms with van der Waals surface area (Å²) >= 11 is 0. The third kappa shape index (κ3) is 63.0. The van der Waals surface area contributed by atoms with E-state index in [1.54, 1.807) is 0 Å². The molecule has 1 amide bonds. The molecule has 3 N–H and O–H groups in total. The lowest BCUT2D eigenvalue weighted by Gasteiger charge is -2.22. The van der Waals surface area contributed by atoms with Gasteiger partial charge in [-0.15, -0.1) is 0 Å². The lowest BCUT2D eigenvalue weighted by molar-refractivity contribution is -0.143. The Labute approximate surface area is 486 Å². The summed E-state index contributed by atoms with van der Waals surface area (Å²) in [5.41, 5.74) is 0. The Morgan fingerprint density at radius 1 is 0.359 bits per heavy atom. The molecule has 0 fully saturated rings. The lowest BCUT2D eigenvalue weighted by Crippen LogP contribution is -2.45. The van der Waals surface area contributed by atoms with Crippen LogP contribution in [0.4, 0.5) is 0 Å². The van der Waals surface area contributed by atoms with Gasteiger partial charge in [-0.05, 0) is 89.9 Å². The van der Waals surface area contributed by atoms with Gasteiger partial charge in [0.2, 0.25) is 5.91 Å². The molecule has 0 aliphatic carbocycles. The molecule has 0 saturated heterocycles. The predicted octanol–water partition coefficient (Wildman–Crippen LogP) is 22.5. The van der Waals surface area contributed by atoms with E-state index in [9.17, 15) is 19.8 Å². The van der Waals surface area contributed by atoms with Gasteiger partial charge in [-0.25, -0.2) is 0 Å². The first-order chi connectivity index (χ1) is 38.5. The molecular weight excluding hydrogens is 959 g/mol. The van der Waals surface area contributed by atoms with Crippen molar-refractivity contribution in [2.24, 2.45) is 0 Å². The summed E-state index contributed by atoms with van der Waals surface area (Å²) < 4.78 is 5.50. The number of aliphatic hydroxyl groups is 2. The number of ether oxygens (including phenoxy) is 1. The van der Waals surface area contributed by atoms with E-state index >= 15 is 0 Å². The van der Waals surface area contributed by atoms with Crippen molar-refractivity contribution < 1.29 is 24.5 Å². The Morgan fingerprint density at radius 3 is 1.00 bits per heavy atom. The van der Waals surface area contributed by atoms with Crippen molar-refractivity contribution in [1.29, 1.82) is 0 Å². The van der Waals surface area contributed by atoms with Gasteiger partial charge in [0.25, 0.3) is 0 Å². The van der Waals surface area contributed by atoms with Gasteiger partial charge in [0.05, 0.1) is 25.4 Å². The first kappa shape index (κ1) is 75.8. The summed E-state index contributed by atoms with van der Waals surface area (Å²) in [5, 5.41) is 23.4. The maximum Gasteiger partial charge on any atom is 0.305 e. The largest absolute Gasteiger partial charge is 0.466 e. The van der Waals surface area contributed by atoms with E-state index in [0.717, 1.165) is 57.8 Å². The van der Waals surface area contributed by atoms with Crippen LogP contribution < -0.4 is 5.32 Å². The Kier molecular flexibility index (Phi) is 65.4. The molecule has 0 aromatic carbocycles. The highest BCUT2D eigenvalue weighted by atomic mass is 16.5. The smallest absolute Gasteiger partial charge is 0.305 e. The summed E-state index contributed by atoms with van der Waals surface area (Å²) in [6.07, 6.45) is 87.2. The summed E-state index contributed by atoms with van der Waals surface area (Å²) in [7, 11) is 0. The van der Waals surface area contributed by atoms with Crippen LogP contribution in [0.15, 0.2) is 48.6 Å². The fraction of sp³-hybridized carbons (Fsp3) is 0.861. The van der Waals surface area contributed by atoms with E-state index < -0.39 is 12.1 Å². The second-order valence-corrected chi connectivity index (χ2v) is 23.9. The summed E-state index contributed by atoms with van der Waals surface area (Å²) in [6, 6.07) is -0.547. The monoisotopic (exact) mass is 1090 g/mol. The number of hydrogen-bond donors (Lipinski definition) is 3. The summed E-state index contributed by atoms with van der Waals surface area (Å²) in [5.74, 6) is -0.0333. The number of amides is 1. The van der Waals surface area contributed by atoms with Gasteiger partial charge in [0, 0.05) is 12.8 Å². The highest BCUT2D eigenvalue weighted by Crippen LogP contribution is 2.18. The van der Waals surface area contributed by atoms with Crippen molar-refractivity contribution in [3.05, 3.63) is 48.6 Å². The number of carbonyl (C=O) groups is 2. The molecular formula is C72H135NO5. The highest BCUT2D eigenvalue weighted by Gasteiger charge is 2.20. The minimum Gasteiger partial charge on any atom is -0.466 e. The predicted molar refractivity (Wildman–Crippen MR) is 342 cm³/mol. The molecule has 0 aliphatic heterocycles. The number of hydrogen-bond acceptors (Lipinski definition) is 5. The topological polar surface area (TPSA) is 95.9 Å². The van der Waals surface area contributed by atoms with Gasteiger partial charge in [-0.1, -0.05) is 319 Å². The van der Waals surface area contributed by atoms with Crippen LogP contribution in [-0.4, -0.2) is 47.4 Å². The van der Waals surface area contributed by atoms with Gasteiger partial charge in [-0.3, -0.25) is 9.59 Å². The normalized spacial score (nSPS) is 12.8. The first-order valence-corrected chi connectivity index (χ1v) is 34.9. The van der Waals surface area contributed by atoms with Gasteiger partial charge in [0.1, 0.15) is 0 Å². The van der Waals surface area contributed by atoms with Crippen molar-refractivity contribution in [1.82, 2.24) is 5.32 Å². The van der Waals surface area contributed by atoms with Gasteiger partial charge in [0.15, 0.2) is 0 Å². The zero-order valence-electron chi connectivity index (χ0n) is 52.4. The molecule has 0 radical (unpaired) electrons. The Balaban J connectivity index is 3.42. The zero-order valence-corrected chi connectivity index (χ0v) is 52.4. The van der Waals surface area contributed by atoms with Crippen LogP contribution in [0.1, 0.15) is 373 Å². The zero-order chi connectivity index (χ0) is 56.4. The van der Waals surface area contributed by atoms with Crippen molar-refractivity contribution >= 4 is 11.9 Å². The van der Waals surface area contributed by atoms with Gasteiger partial charge < -0.3 is 20.3 Å². The van der Waals surface area contributed by atoms with E-state index in [4.69, 9.17) is 4.74 Å². The number of unbranched alkanes of at least 4 members (excludes halogenated alkanes) is 46. The maximum absolute atomic E-state index is 12.5. The van der Waals surface area contributed by atoms with E-state index in [0.29, 0.717) is 25.9 Å². The second kappa shape index (κ2) is 67.3. The van der Waals surface area contributed by atoms with E-state index in [1.807, 2.05) is 0 Å². The Morgan fingerprint density at radius 2 is 0.641 bits per heavy atom. The number of rotatable bonds is 65. The average Bonchev–Trinajstić information content (AvgIpc) is 3.44. The lowest BCUT2D eigenvalue weighted by atomic mass is 10.0. The van der Waals surface area contributed by atoms with Crippen molar-refractivity contribution in [2.75, 3.05) is 13.2 Å². The van der Waals surface area contributed by atoms with Crippen LogP contribution in [0.5, 0.6) is 0 Å². The number of aliphatic hydroxyl groups excluding tert-OH is 2. The minimum atomic E-state index is -0.669. The molecule has 6 nitrogen and oxygen atoms in total. The molecule has 0 bridgehead atoms. The molecule has 0 spiro atoms. The van der Waals surface area contributed by atoms with E-state index in [1.165, 1.54) is 283 Å². The van der Waals surface area contributed by atoms with Crippen molar-refractivity contribution in [3.63, 3.8) is 0 Å².